The fraction of sp³-hybridized carbons (Fsp3) is 0.263. The van der Waals surface area contributed by atoms with Gasteiger partial charge in [-0.1, -0.05) is 24.3 Å². The van der Waals surface area contributed by atoms with Crippen molar-refractivity contribution in [3.8, 4) is 5.75 Å². The lowest BCUT2D eigenvalue weighted by Gasteiger charge is -2.31. The maximum Gasteiger partial charge on any atom is 0.416 e. The molecule has 0 aliphatic carbocycles. The van der Waals surface area contributed by atoms with Gasteiger partial charge in [0, 0.05) is 24.4 Å². The van der Waals surface area contributed by atoms with E-state index in [0.29, 0.717) is 17.6 Å². The molecule has 2 aromatic carbocycles. The van der Waals surface area contributed by atoms with Gasteiger partial charge in [-0.25, -0.2) is 0 Å². The molecule has 0 radical (unpaired) electrons. The molecule has 3 rings (SSSR count). The minimum absolute atomic E-state index is 0.296. The van der Waals surface area contributed by atoms with Crippen LogP contribution in [0.3, 0.4) is 0 Å². The van der Waals surface area contributed by atoms with Crippen LogP contribution in [0.5, 0.6) is 5.75 Å². The molecule has 1 aliphatic heterocycles. The Balaban J connectivity index is 1.89. The number of halogens is 3. The highest BCUT2D eigenvalue weighted by Gasteiger charge is 2.30. The van der Waals surface area contributed by atoms with Gasteiger partial charge < -0.3 is 9.64 Å². The summed E-state index contributed by atoms with van der Waals surface area (Å²) in [6.07, 6.45) is -2.42. The summed E-state index contributed by atoms with van der Waals surface area (Å²) in [5.41, 5.74) is 1.42. The molecule has 0 saturated carbocycles. The van der Waals surface area contributed by atoms with Crippen molar-refractivity contribution in [2.24, 2.45) is 0 Å². The van der Waals surface area contributed by atoms with Crippen molar-refractivity contribution in [2.75, 3.05) is 0 Å². The van der Waals surface area contributed by atoms with Crippen molar-refractivity contribution < 1.29 is 17.9 Å². The Labute approximate surface area is 139 Å². The van der Waals surface area contributed by atoms with Crippen LogP contribution in [0.25, 0.3) is 5.76 Å². The predicted molar refractivity (Wildman–Crippen MR) is 87.2 cm³/mol. The molecule has 0 spiro atoms. The fourth-order valence-electron chi connectivity index (χ4n) is 2.61. The lowest BCUT2D eigenvalue weighted by Crippen LogP contribution is -2.29. The Kier molecular flexibility index (Phi) is 4.26. The van der Waals surface area contributed by atoms with Crippen LogP contribution < -0.4 is 4.74 Å². The summed E-state index contributed by atoms with van der Waals surface area (Å²) in [7, 11) is 0. The van der Waals surface area contributed by atoms with Crippen molar-refractivity contribution in [1.29, 1.82) is 0 Å². The quantitative estimate of drug-likeness (QED) is 0.755. The first-order valence-electron chi connectivity index (χ1n) is 7.75. The lowest BCUT2D eigenvalue weighted by molar-refractivity contribution is -0.137. The van der Waals surface area contributed by atoms with Gasteiger partial charge in [-0.15, -0.1) is 0 Å². The third kappa shape index (κ3) is 3.40. The van der Waals surface area contributed by atoms with E-state index in [-0.39, 0.29) is 0 Å². The molecule has 0 atom stereocenters. The van der Waals surface area contributed by atoms with Gasteiger partial charge >= 0.3 is 6.18 Å². The van der Waals surface area contributed by atoms with Gasteiger partial charge in [0.2, 0.25) is 0 Å². The third-order valence-electron chi connectivity index (χ3n) is 3.99. The first-order chi connectivity index (χ1) is 11.3. The number of ether oxygens (including phenoxy) is 1. The number of alkyl halides is 3. The SMILES string of the molecule is CC(C)N1C=C(Oc2ccc(C(F)(F)F)cc2)c2ccccc2C1. The van der Waals surface area contributed by atoms with E-state index in [0.717, 1.165) is 29.8 Å². The highest BCUT2D eigenvalue weighted by atomic mass is 19.4. The molecule has 2 nitrogen and oxygen atoms in total. The Hall–Kier alpha value is -2.43. The fourth-order valence-corrected chi connectivity index (χ4v) is 2.61. The minimum Gasteiger partial charge on any atom is -0.455 e. The van der Waals surface area contributed by atoms with Gasteiger partial charge in [-0.3, -0.25) is 0 Å². The number of benzene rings is 2. The summed E-state index contributed by atoms with van der Waals surface area (Å²) in [4.78, 5) is 2.14. The maximum absolute atomic E-state index is 12.7. The molecule has 1 aliphatic rings. The maximum atomic E-state index is 12.7. The highest BCUT2D eigenvalue weighted by molar-refractivity contribution is 5.66. The summed E-state index contributed by atoms with van der Waals surface area (Å²) in [6, 6.07) is 12.9. The summed E-state index contributed by atoms with van der Waals surface area (Å²) >= 11 is 0. The number of fused-ring (bicyclic) bond motifs is 1. The predicted octanol–water partition coefficient (Wildman–Crippen LogP) is 5.31. The summed E-state index contributed by atoms with van der Waals surface area (Å²) < 4.78 is 43.9. The van der Waals surface area contributed by atoms with E-state index >= 15 is 0 Å². The molecule has 2 aromatic rings. The van der Waals surface area contributed by atoms with E-state index in [2.05, 4.69) is 18.7 Å². The molecule has 0 amide bonds. The van der Waals surface area contributed by atoms with E-state index in [1.807, 2.05) is 30.5 Å². The molecule has 0 N–H and O–H groups in total. The smallest absolute Gasteiger partial charge is 0.416 e. The van der Waals surface area contributed by atoms with Gasteiger partial charge in [0.05, 0.1) is 5.56 Å². The lowest BCUT2D eigenvalue weighted by atomic mass is 10.0. The highest BCUT2D eigenvalue weighted by Crippen LogP contribution is 2.33. The normalized spacial score (nSPS) is 14.4. The third-order valence-corrected chi connectivity index (χ3v) is 3.99. The Morgan fingerprint density at radius 1 is 1.00 bits per heavy atom. The molecule has 0 aromatic heterocycles. The standard InChI is InChI=1S/C19H18F3NO/c1-13(2)23-11-14-5-3-4-6-17(14)18(12-23)24-16-9-7-15(8-10-16)19(20,21)22/h3-10,12-13H,11H2,1-2H3. The molecule has 126 valence electrons. The molecular weight excluding hydrogens is 315 g/mol. The van der Waals surface area contributed by atoms with Crippen LogP contribution in [0.2, 0.25) is 0 Å². The minimum atomic E-state index is -4.34. The largest absolute Gasteiger partial charge is 0.455 e. The number of rotatable bonds is 3. The van der Waals surface area contributed by atoms with Crippen LogP contribution in [0.1, 0.15) is 30.5 Å². The summed E-state index contributed by atoms with van der Waals surface area (Å²) in [5, 5.41) is 0. The number of hydrogen-bond acceptors (Lipinski definition) is 2. The Morgan fingerprint density at radius 2 is 1.67 bits per heavy atom. The van der Waals surface area contributed by atoms with Gasteiger partial charge in [0.25, 0.3) is 0 Å². The average molecular weight is 333 g/mol. The van der Waals surface area contributed by atoms with Gasteiger partial charge in [-0.05, 0) is 43.7 Å². The second-order valence-electron chi connectivity index (χ2n) is 6.04. The van der Waals surface area contributed by atoms with Crippen molar-refractivity contribution in [3.63, 3.8) is 0 Å². The second-order valence-corrected chi connectivity index (χ2v) is 6.04. The first kappa shape index (κ1) is 16.4. The van der Waals surface area contributed by atoms with E-state index in [9.17, 15) is 13.2 Å². The Bertz CT molecular complexity index is 748. The first-order valence-corrected chi connectivity index (χ1v) is 7.75. The molecule has 0 bridgehead atoms. The molecular formula is C19H18F3NO. The molecule has 0 fully saturated rings. The number of hydrogen-bond donors (Lipinski definition) is 0. The van der Waals surface area contributed by atoms with Crippen LogP contribution in [0.4, 0.5) is 13.2 Å². The average Bonchev–Trinajstić information content (AvgIpc) is 2.54. The zero-order valence-corrected chi connectivity index (χ0v) is 13.5. The van der Waals surface area contributed by atoms with Gasteiger partial charge in [0.15, 0.2) is 5.76 Å². The summed E-state index contributed by atoms with van der Waals surface area (Å²) in [6.45, 7) is 4.95. The van der Waals surface area contributed by atoms with Crippen molar-refractivity contribution in [3.05, 3.63) is 71.4 Å². The van der Waals surface area contributed by atoms with E-state index in [1.165, 1.54) is 12.1 Å². The summed E-state index contributed by atoms with van der Waals surface area (Å²) in [5.74, 6) is 1.03. The second kappa shape index (κ2) is 6.23. The molecule has 24 heavy (non-hydrogen) atoms. The Morgan fingerprint density at radius 3 is 2.29 bits per heavy atom. The van der Waals surface area contributed by atoms with Crippen LogP contribution in [-0.2, 0) is 12.7 Å². The van der Waals surface area contributed by atoms with Crippen LogP contribution in [0.15, 0.2) is 54.7 Å². The van der Waals surface area contributed by atoms with Crippen molar-refractivity contribution >= 4 is 5.76 Å². The van der Waals surface area contributed by atoms with Crippen LogP contribution in [0, 0.1) is 0 Å². The van der Waals surface area contributed by atoms with Gasteiger partial charge in [-0.2, -0.15) is 13.2 Å². The van der Waals surface area contributed by atoms with Crippen LogP contribution >= 0.6 is 0 Å². The molecule has 0 saturated heterocycles. The monoisotopic (exact) mass is 333 g/mol. The van der Waals surface area contributed by atoms with Gasteiger partial charge in [0.1, 0.15) is 5.75 Å². The number of nitrogens with zero attached hydrogens (tertiary/aromatic N) is 1. The van der Waals surface area contributed by atoms with E-state index in [4.69, 9.17) is 4.74 Å². The molecule has 1 heterocycles. The van der Waals surface area contributed by atoms with Crippen molar-refractivity contribution in [2.45, 2.75) is 32.6 Å². The molecule has 5 heteroatoms. The van der Waals surface area contributed by atoms with Crippen molar-refractivity contribution in [1.82, 2.24) is 4.90 Å². The topological polar surface area (TPSA) is 12.5 Å². The van der Waals surface area contributed by atoms with E-state index < -0.39 is 11.7 Å². The zero-order chi connectivity index (χ0) is 17.3. The zero-order valence-electron chi connectivity index (χ0n) is 13.5. The molecule has 0 unspecified atom stereocenters. The van der Waals surface area contributed by atoms with Crippen LogP contribution in [-0.4, -0.2) is 10.9 Å². The van der Waals surface area contributed by atoms with E-state index in [1.54, 1.807) is 0 Å².